The summed E-state index contributed by atoms with van der Waals surface area (Å²) in [6.45, 7) is 3.34. The second kappa shape index (κ2) is 7.11. The predicted molar refractivity (Wildman–Crippen MR) is 90.2 cm³/mol. The van der Waals surface area contributed by atoms with Crippen molar-refractivity contribution in [3.8, 4) is 0 Å². The van der Waals surface area contributed by atoms with Crippen LogP contribution in [0.3, 0.4) is 0 Å². The number of hydrogen-bond donors (Lipinski definition) is 2. The number of nitrogens with zero attached hydrogens (tertiary/aromatic N) is 1. The average Bonchev–Trinajstić information content (AvgIpc) is 2.86. The number of amides is 1. The van der Waals surface area contributed by atoms with Crippen LogP contribution in [0.25, 0.3) is 0 Å². The lowest BCUT2D eigenvalue weighted by atomic mass is 10.3. The minimum atomic E-state index is -3.77. The molecule has 10 heteroatoms. The third-order valence-corrected chi connectivity index (χ3v) is 5.06. The van der Waals surface area contributed by atoms with Crippen molar-refractivity contribution in [1.29, 1.82) is 0 Å². The molecule has 2 rings (SSSR count). The third kappa shape index (κ3) is 4.36. The Kier molecular flexibility index (Phi) is 5.50. The molecule has 1 amide bonds. The Bertz CT molecular complexity index is 903. The average molecular weight is 392 g/mol. The van der Waals surface area contributed by atoms with Gasteiger partial charge in [-0.2, -0.15) is 0 Å². The van der Waals surface area contributed by atoms with E-state index < -0.39 is 32.6 Å². The molecule has 2 N–H and O–H groups in total. The van der Waals surface area contributed by atoms with E-state index in [1.807, 2.05) is 0 Å². The highest BCUT2D eigenvalue weighted by molar-refractivity contribution is 7.89. The van der Waals surface area contributed by atoms with Crippen molar-refractivity contribution >= 4 is 33.2 Å². The van der Waals surface area contributed by atoms with Gasteiger partial charge in [-0.1, -0.05) is 11.6 Å². The standard InChI is InChI=1S/C15H16ClF2N3O3S/c1-8(2)20-25(23,24)10-6-13(21(3)7-10)15(22)19-9-4-11(16)14(18)12(17)5-9/h4-8,20H,1-3H3,(H,19,22). The number of nitrogens with one attached hydrogen (secondary N) is 2. The second-order valence-electron chi connectivity index (χ2n) is 5.66. The molecule has 0 saturated heterocycles. The van der Waals surface area contributed by atoms with E-state index in [0.717, 1.165) is 12.1 Å². The lowest BCUT2D eigenvalue weighted by Crippen LogP contribution is -2.29. The van der Waals surface area contributed by atoms with Crippen LogP contribution in [-0.4, -0.2) is 24.9 Å². The van der Waals surface area contributed by atoms with Gasteiger partial charge in [0.2, 0.25) is 10.0 Å². The van der Waals surface area contributed by atoms with Crippen LogP contribution in [0.4, 0.5) is 14.5 Å². The number of rotatable bonds is 5. The number of halogens is 3. The van der Waals surface area contributed by atoms with Crippen LogP contribution >= 0.6 is 11.6 Å². The lowest BCUT2D eigenvalue weighted by Gasteiger charge is -2.07. The van der Waals surface area contributed by atoms with Gasteiger partial charge in [-0.15, -0.1) is 0 Å². The number of benzene rings is 1. The number of carbonyl (C=O) groups excluding carboxylic acids is 1. The molecule has 0 unspecified atom stereocenters. The van der Waals surface area contributed by atoms with E-state index >= 15 is 0 Å². The first-order valence-electron chi connectivity index (χ1n) is 7.16. The SMILES string of the molecule is CC(C)NS(=O)(=O)c1cc(C(=O)Nc2cc(F)c(F)c(Cl)c2)n(C)c1. The molecule has 25 heavy (non-hydrogen) atoms. The van der Waals surface area contributed by atoms with Gasteiger partial charge in [0.1, 0.15) is 10.6 Å². The van der Waals surface area contributed by atoms with Crippen LogP contribution in [0, 0.1) is 11.6 Å². The molecule has 136 valence electrons. The van der Waals surface area contributed by atoms with Crippen molar-refractivity contribution in [2.24, 2.45) is 7.05 Å². The summed E-state index contributed by atoms with van der Waals surface area (Å²) >= 11 is 5.53. The fraction of sp³-hybridized carbons (Fsp3) is 0.267. The zero-order valence-corrected chi connectivity index (χ0v) is 15.2. The Morgan fingerprint density at radius 1 is 1.24 bits per heavy atom. The topological polar surface area (TPSA) is 80.2 Å². The van der Waals surface area contributed by atoms with Crippen LogP contribution in [0.15, 0.2) is 29.3 Å². The molecule has 0 fully saturated rings. The van der Waals surface area contributed by atoms with Gasteiger partial charge < -0.3 is 9.88 Å². The van der Waals surface area contributed by atoms with Crippen LogP contribution in [0.2, 0.25) is 5.02 Å². The molecule has 1 aromatic heterocycles. The molecule has 0 aliphatic heterocycles. The molecule has 0 radical (unpaired) electrons. The summed E-state index contributed by atoms with van der Waals surface area (Å²) in [6.07, 6.45) is 1.28. The molecule has 1 heterocycles. The van der Waals surface area contributed by atoms with E-state index in [2.05, 4.69) is 10.0 Å². The quantitative estimate of drug-likeness (QED) is 0.769. The predicted octanol–water partition coefficient (Wildman–Crippen LogP) is 2.90. The van der Waals surface area contributed by atoms with Crippen molar-refractivity contribution in [2.45, 2.75) is 24.8 Å². The normalized spacial score (nSPS) is 11.8. The summed E-state index contributed by atoms with van der Waals surface area (Å²) in [6, 6.07) is 2.70. The maximum absolute atomic E-state index is 13.4. The van der Waals surface area contributed by atoms with Gasteiger partial charge in [-0.3, -0.25) is 4.79 Å². The van der Waals surface area contributed by atoms with E-state index in [0.29, 0.717) is 0 Å². The van der Waals surface area contributed by atoms with Crippen LogP contribution in [0.1, 0.15) is 24.3 Å². The Hall–Kier alpha value is -1.97. The Labute approximate surface area is 148 Å². The Morgan fingerprint density at radius 2 is 1.88 bits per heavy atom. The first-order valence-corrected chi connectivity index (χ1v) is 9.02. The largest absolute Gasteiger partial charge is 0.345 e. The van der Waals surface area contributed by atoms with Crippen LogP contribution in [-0.2, 0) is 17.1 Å². The molecule has 6 nitrogen and oxygen atoms in total. The van der Waals surface area contributed by atoms with Crippen LogP contribution < -0.4 is 10.0 Å². The van der Waals surface area contributed by atoms with E-state index in [1.54, 1.807) is 13.8 Å². The van der Waals surface area contributed by atoms with Crippen molar-refractivity contribution in [1.82, 2.24) is 9.29 Å². The van der Waals surface area contributed by atoms with Gasteiger partial charge in [-0.05, 0) is 26.0 Å². The highest BCUT2D eigenvalue weighted by Crippen LogP contribution is 2.23. The Morgan fingerprint density at radius 3 is 2.44 bits per heavy atom. The van der Waals surface area contributed by atoms with Gasteiger partial charge >= 0.3 is 0 Å². The number of anilines is 1. The first-order chi connectivity index (χ1) is 11.5. The number of sulfonamides is 1. The van der Waals surface area contributed by atoms with Crippen LogP contribution in [0.5, 0.6) is 0 Å². The molecular formula is C15H16ClF2N3O3S. The number of hydrogen-bond acceptors (Lipinski definition) is 3. The molecule has 0 bridgehead atoms. The molecule has 2 aromatic rings. The summed E-state index contributed by atoms with van der Waals surface area (Å²) in [5, 5.41) is 1.87. The minimum Gasteiger partial charge on any atom is -0.345 e. The van der Waals surface area contributed by atoms with Gasteiger partial charge in [0.15, 0.2) is 11.6 Å². The molecule has 0 aliphatic carbocycles. The van der Waals surface area contributed by atoms with Gasteiger partial charge in [0.25, 0.3) is 5.91 Å². The summed E-state index contributed by atoms with van der Waals surface area (Å²) in [7, 11) is -2.28. The van der Waals surface area contributed by atoms with Gasteiger partial charge in [0.05, 0.1) is 5.02 Å². The molecule has 0 aliphatic rings. The first kappa shape index (κ1) is 19.4. The Balaban J connectivity index is 2.29. The number of aromatic nitrogens is 1. The minimum absolute atomic E-state index is 0.0185. The number of aryl methyl sites for hydroxylation is 1. The van der Waals surface area contributed by atoms with Crippen molar-refractivity contribution < 1.29 is 22.0 Å². The number of carbonyl (C=O) groups is 1. The van der Waals surface area contributed by atoms with Crippen molar-refractivity contribution in [3.05, 3.63) is 46.7 Å². The smallest absolute Gasteiger partial charge is 0.272 e. The summed E-state index contributed by atoms with van der Waals surface area (Å²) in [5.74, 6) is -3.12. The third-order valence-electron chi connectivity index (χ3n) is 3.16. The highest BCUT2D eigenvalue weighted by Gasteiger charge is 2.21. The fourth-order valence-electron chi connectivity index (χ4n) is 2.11. The summed E-state index contributed by atoms with van der Waals surface area (Å²) in [5.41, 5.74) is -0.0372. The van der Waals surface area contributed by atoms with E-state index in [-0.39, 0.29) is 22.3 Å². The van der Waals surface area contributed by atoms with E-state index in [9.17, 15) is 22.0 Å². The highest BCUT2D eigenvalue weighted by atomic mass is 35.5. The molecule has 1 aromatic carbocycles. The molecule has 0 saturated carbocycles. The molecule has 0 spiro atoms. The second-order valence-corrected chi connectivity index (χ2v) is 7.78. The van der Waals surface area contributed by atoms with Crippen molar-refractivity contribution in [3.63, 3.8) is 0 Å². The summed E-state index contributed by atoms with van der Waals surface area (Å²) in [4.78, 5) is 12.2. The van der Waals surface area contributed by atoms with Gasteiger partial charge in [0, 0.05) is 31.0 Å². The maximum atomic E-state index is 13.4. The van der Waals surface area contributed by atoms with Crippen molar-refractivity contribution in [2.75, 3.05) is 5.32 Å². The van der Waals surface area contributed by atoms with E-state index in [1.165, 1.54) is 23.9 Å². The maximum Gasteiger partial charge on any atom is 0.272 e. The monoisotopic (exact) mass is 391 g/mol. The molecule has 0 atom stereocenters. The van der Waals surface area contributed by atoms with Gasteiger partial charge in [-0.25, -0.2) is 21.9 Å². The zero-order chi connectivity index (χ0) is 18.9. The molecular weight excluding hydrogens is 376 g/mol. The summed E-state index contributed by atoms with van der Waals surface area (Å²) < 4.78 is 54.5. The van der Waals surface area contributed by atoms with E-state index in [4.69, 9.17) is 11.6 Å². The fourth-order valence-corrected chi connectivity index (χ4v) is 3.64. The lowest BCUT2D eigenvalue weighted by molar-refractivity contribution is 0.101. The zero-order valence-electron chi connectivity index (χ0n) is 13.6.